The lowest BCUT2D eigenvalue weighted by atomic mass is 9.98. The summed E-state index contributed by atoms with van der Waals surface area (Å²) in [6.45, 7) is 0.937. The van der Waals surface area contributed by atoms with Gasteiger partial charge in [-0.1, -0.05) is 60.7 Å². The highest BCUT2D eigenvalue weighted by molar-refractivity contribution is 6.36. The summed E-state index contributed by atoms with van der Waals surface area (Å²) in [7, 11) is 0. The van der Waals surface area contributed by atoms with Gasteiger partial charge in [-0.25, -0.2) is 4.39 Å². The fraction of sp³-hybridized carbons (Fsp3) is 0.185. The number of rotatable bonds is 5. The summed E-state index contributed by atoms with van der Waals surface area (Å²) in [5, 5.41) is 0. The third-order valence-corrected chi connectivity index (χ3v) is 6.12. The van der Waals surface area contributed by atoms with Crippen molar-refractivity contribution in [2.45, 2.75) is 19.3 Å². The SMILES string of the molecule is O=C1C(c2ccccc2)=C(N2CCCc3ccccc32)C(=O)N1CCc1ccc(F)cc1. The van der Waals surface area contributed by atoms with E-state index in [2.05, 4.69) is 6.07 Å². The molecule has 160 valence electrons. The molecule has 0 aromatic heterocycles. The molecule has 0 radical (unpaired) electrons. The van der Waals surface area contributed by atoms with Crippen LogP contribution >= 0.6 is 0 Å². The Morgan fingerprint density at radius 1 is 0.812 bits per heavy atom. The van der Waals surface area contributed by atoms with Crippen LogP contribution in [0.4, 0.5) is 10.1 Å². The highest BCUT2D eigenvalue weighted by Crippen LogP contribution is 2.37. The number of hydrogen-bond acceptors (Lipinski definition) is 3. The van der Waals surface area contributed by atoms with Crippen LogP contribution in [0.5, 0.6) is 0 Å². The Hall–Kier alpha value is -3.73. The van der Waals surface area contributed by atoms with Crippen LogP contribution in [0.3, 0.4) is 0 Å². The molecule has 5 rings (SSSR count). The molecule has 2 aliphatic rings. The van der Waals surface area contributed by atoms with Crippen LogP contribution in [-0.4, -0.2) is 29.8 Å². The highest BCUT2D eigenvalue weighted by Gasteiger charge is 2.42. The van der Waals surface area contributed by atoms with Crippen LogP contribution in [0.1, 0.15) is 23.1 Å². The molecule has 2 heterocycles. The first-order chi connectivity index (χ1) is 15.6. The van der Waals surface area contributed by atoms with Crippen LogP contribution in [0.2, 0.25) is 0 Å². The van der Waals surface area contributed by atoms with Gasteiger partial charge in [0.05, 0.1) is 5.57 Å². The smallest absolute Gasteiger partial charge is 0.278 e. The molecule has 2 amide bonds. The van der Waals surface area contributed by atoms with Crippen LogP contribution in [0.15, 0.2) is 84.6 Å². The normalized spacial score (nSPS) is 16.0. The lowest BCUT2D eigenvalue weighted by Gasteiger charge is -2.32. The average Bonchev–Trinajstić information content (AvgIpc) is 3.08. The van der Waals surface area contributed by atoms with Crippen molar-refractivity contribution in [2.75, 3.05) is 18.0 Å². The monoisotopic (exact) mass is 426 g/mol. The first kappa shape index (κ1) is 20.2. The fourth-order valence-corrected chi connectivity index (χ4v) is 4.54. The third kappa shape index (κ3) is 3.60. The van der Waals surface area contributed by atoms with Gasteiger partial charge >= 0.3 is 0 Å². The number of amides is 2. The summed E-state index contributed by atoms with van der Waals surface area (Å²) < 4.78 is 13.2. The molecule has 0 N–H and O–H groups in total. The van der Waals surface area contributed by atoms with Crippen molar-refractivity contribution in [3.05, 3.63) is 107 Å². The largest absolute Gasteiger partial charge is 0.336 e. The number of halogens is 1. The molecule has 2 aliphatic heterocycles. The topological polar surface area (TPSA) is 40.6 Å². The Labute approximate surface area is 186 Å². The van der Waals surface area contributed by atoms with E-state index < -0.39 is 0 Å². The Morgan fingerprint density at radius 2 is 1.53 bits per heavy atom. The number of carbonyl (C=O) groups excluding carboxylic acids is 2. The van der Waals surface area contributed by atoms with E-state index in [1.807, 2.05) is 53.4 Å². The maximum absolute atomic E-state index is 13.6. The molecule has 0 fully saturated rings. The first-order valence-corrected chi connectivity index (χ1v) is 10.9. The minimum Gasteiger partial charge on any atom is -0.336 e. The minimum atomic E-state index is -0.304. The summed E-state index contributed by atoms with van der Waals surface area (Å²) in [6.07, 6.45) is 2.35. The molecule has 0 bridgehead atoms. The van der Waals surface area contributed by atoms with E-state index in [9.17, 15) is 14.0 Å². The Bertz CT molecular complexity index is 1200. The van der Waals surface area contributed by atoms with Crippen LogP contribution in [-0.2, 0) is 22.4 Å². The maximum atomic E-state index is 13.6. The summed E-state index contributed by atoms with van der Waals surface area (Å²) in [5.41, 5.74) is 4.70. The molecule has 0 saturated carbocycles. The molecule has 3 aromatic carbocycles. The van der Waals surface area contributed by atoms with Gasteiger partial charge in [0.25, 0.3) is 11.8 Å². The molecular formula is C27H23FN2O2. The van der Waals surface area contributed by atoms with E-state index in [-0.39, 0.29) is 24.2 Å². The van der Waals surface area contributed by atoms with Crippen molar-refractivity contribution in [3.8, 4) is 0 Å². The molecule has 0 atom stereocenters. The Kier molecular flexibility index (Phi) is 5.31. The van der Waals surface area contributed by atoms with Gasteiger partial charge in [0.15, 0.2) is 0 Å². The molecular weight excluding hydrogens is 403 g/mol. The van der Waals surface area contributed by atoms with E-state index in [4.69, 9.17) is 0 Å². The summed E-state index contributed by atoms with van der Waals surface area (Å²) in [5.74, 6) is -0.852. The van der Waals surface area contributed by atoms with E-state index >= 15 is 0 Å². The zero-order chi connectivity index (χ0) is 22.1. The Morgan fingerprint density at radius 3 is 2.31 bits per heavy atom. The number of aryl methyl sites for hydroxylation is 1. The first-order valence-electron chi connectivity index (χ1n) is 10.9. The van der Waals surface area contributed by atoms with Gasteiger partial charge in [-0.15, -0.1) is 0 Å². The number of fused-ring (bicyclic) bond motifs is 1. The van der Waals surface area contributed by atoms with E-state index in [0.717, 1.165) is 29.7 Å². The lowest BCUT2D eigenvalue weighted by molar-refractivity contribution is -0.136. The lowest BCUT2D eigenvalue weighted by Crippen LogP contribution is -2.38. The van der Waals surface area contributed by atoms with Crippen molar-refractivity contribution in [3.63, 3.8) is 0 Å². The van der Waals surface area contributed by atoms with Gasteiger partial charge in [-0.05, 0) is 54.2 Å². The number of anilines is 1. The van der Waals surface area contributed by atoms with Gasteiger partial charge in [0.2, 0.25) is 0 Å². The molecule has 0 spiro atoms. The zero-order valence-corrected chi connectivity index (χ0v) is 17.6. The second-order valence-corrected chi connectivity index (χ2v) is 8.11. The average molecular weight is 426 g/mol. The minimum absolute atomic E-state index is 0.249. The van der Waals surface area contributed by atoms with Crippen molar-refractivity contribution < 1.29 is 14.0 Å². The number of para-hydroxylation sites is 1. The Balaban J connectivity index is 1.53. The number of hydrogen-bond donors (Lipinski definition) is 0. The predicted molar refractivity (Wildman–Crippen MR) is 122 cm³/mol. The molecule has 0 unspecified atom stereocenters. The van der Waals surface area contributed by atoms with Gasteiger partial charge in [0, 0.05) is 18.8 Å². The number of carbonyl (C=O) groups is 2. The molecule has 0 saturated heterocycles. The second-order valence-electron chi connectivity index (χ2n) is 8.11. The van der Waals surface area contributed by atoms with Crippen molar-refractivity contribution in [2.24, 2.45) is 0 Å². The second kappa shape index (κ2) is 8.42. The van der Waals surface area contributed by atoms with E-state index in [0.29, 0.717) is 24.2 Å². The molecule has 4 nitrogen and oxygen atoms in total. The van der Waals surface area contributed by atoms with Crippen molar-refractivity contribution >= 4 is 23.1 Å². The molecule has 3 aromatic rings. The molecule has 5 heteroatoms. The van der Waals surface area contributed by atoms with Crippen LogP contribution < -0.4 is 4.90 Å². The van der Waals surface area contributed by atoms with E-state index in [1.54, 1.807) is 12.1 Å². The fourth-order valence-electron chi connectivity index (χ4n) is 4.54. The van der Waals surface area contributed by atoms with Crippen LogP contribution in [0.25, 0.3) is 5.57 Å². The van der Waals surface area contributed by atoms with Crippen molar-refractivity contribution in [1.82, 2.24) is 4.90 Å². The number of imide groups is 1. The highest BCUT2D eigenvalue weighted by atomic mass is 19.1. The summed E-state index contributed by atoms with van der Waals surface area (Å²) in [6, 6.07) is 23.6. The van der Waals surface area contributed by atoms with Crippen LogP contribution in [0, 0.1) is 5.82 Å². The third-order valence-electron chi connectivity index (χ3n) is 6.12. The number of nitrogens with zero attached hydrogens (tertiary/aromatic N) is 2. The quantitative estimate of drug-likeness (QED) is 0.560. The summed E-state index contributed by atoms with van der Waals surface area (Å²) >= 11 is 0. The van der Waals surface area contributed by atoms with Gasteiger partial charge in [0.1, 0.15) is 11.5 Å². The predicted octanol–water partition coefficient (Wildman–Crippen LogP) is 4.60. The molecule has 0 aliphatic carbocycles. The van der Waals surface area contributed by atoms with Gasteiger partial charge in [-0.3, -0.25) is 14.5 Å². The van der Waals surface area contributed by atoms with Crippen molar-refractivity contribution in [1.29, 1.82) is 0 Å². The number of benzene rings is 3. The summed E-state index contributed by atoms with van der Waals surface area (Å²) in [4.78, 5) is 30.5. The van der Waals surface area contributed by atoms with Gasteiger partial charge < -0.3 is 4.90 Å². The standard InChI is InChI=1S/C27H23FN2O2/c28-22-14-12-19(13-15-22)16-18-30-26(31)24(21-8-2-1-3-9-21)25(27(30)32)29-17-6-10-20-7-4-5-11-23(20)29/h1-5,7-9,11-15H,6,10,16-18H2. The molecule has 32 heavy (non-hydrogen) atoms. The zero-order valence-electron chi connectivity index (χ0n) is 17.6. The maximum Gasteiger partial charge on any atom is 0.278 e. The van der Waals surface area contributed by atoms with Gasteiger partial charge in [-0.2, -0.15) is 0 Å². The van der Waals surface area contributed by atoms with E-state index in [1.165, 1.54) is 22.6 Å².